The predicted molar refractivity (Wildman–Crippen MR) is 35.1 cm³/mol. The Balaban J connectivity index is 4.77. The summed E-state index contributed by atoms with van der Waals surface area (Å²) in [5.74, 6) is 0. The molecule has 0 aromatic heterocycles. The minimum Gasteiger partial charge on any atom is -0.300 e. The lowest BCUT2D eigenvalue weighted by atomic mass is 10.5. The van der Waals surface area contributed by atoms with E-state index in [2.05, 4.69) is 0 Å². The smallest absolute Gasteiger partial charge is 0.258 e. The molecule has 0 aliphatic carbocycles. The lowest BCUT2D eigenvalue weighted by Crippen LogP contribution is -2.25. The minimum absolute atomic E-state index is 0.0664. The Hall–Kier alpha value is 0.200. The molecule has 1 atom stereocenters. The zero-order chi connectivity index (χ0) is 7.71. The second-order valence-corrected chi connectivity index (χ2v) is 5.49. The van der Waals surface area contributed by atoms with Crippen molar-refractivity contribution >= 4 is 37.6 Å². The van der Waals surface area contributed by atoms with E-state index in [9.17, 15) is 13.2 Å². The predicted octanol–water partition coefficient (Wildman–Crippen LogP) is 0.709. The molecule has 9 heavy (non-hydrogen) atoms. The number of carbonyl (C=O) groups excluding carboxylic acids is 1. The van der Waals surface area contributed by atoms with E-state index in [1.54, 1.807) is 0 Å². The van der Waals surface area contributed by atoms with E-state index in [-0.39, 0.29) is 6.29 Å². The van der Waals surface area contributed by atoms with Crippen LogP contribution < -0.4 is 0 Å². The van der Waals surface area contributed by atoms with Crippen LogP contribution in [0.2, 0.25) is 0 Å². The first-order valence-electron chi connectivity index (χ1n) is 1.91. The molecule has 0 saturated heterocycles. The van der Waals surface area contributed by atoms with Gasteiger partial charge in [0.2, 0.25) is 4.21 Å². The highest BCUT2D eigenvalue weighted by molar-refractivity contribution is 8.16. The van der Waals surface area contributed by atoms with Crippen LogP contribution in [0.15, 0.2) is 0 Å². The maximum atomic E-state index is 10.3. The Bertz CT molecular complexity index is 205. The van der Waals surface area contributed by atoms with Gasteiger partial charge in [-0.25, -0.2) is 8.42 Å². The number of aldehydes is 1. The number of alkyl halides is 1. The van der Waals surface area contributed by atoms with Crippen LogP contribution in [0.25, 0.3) is 0 Å². The van der Waals surface area contributed by atoms with E-state index in [0.29, 0.717) is 0 Å². The van der Waals surface area contributed by atoms with Crippen LogP contribution in [-0.2, 0) is 13.8 Å². The van der Waals surface area contributed by atoms with Crippen LogP contribution in [0.3, 0.4) is 0 Å². The van der Waals surface area contributed by atoms with E-state index in [4.69, 9.17) is 22.3 Å². The average Bonchev–Trinajstić information content (AvgIpc) is 1.64. The first-order valence-corrected chi connectivity index (χ1v) is 4.59. The second kappa shape index (κ2) is 2.44. The highest BCUT2D eigenvalue weighted by Crippen LogP contribution is 2.22. The van der Waals surface area contributed by atoms with Crippen molar-refractivity contribution in [2.75, 3.05) is 0 Å². The van der Waals surface area contributed by atoms with Gasteiger partial charge < -0.3 is 4.79 Å². The molecule has 54 valence electrons. The van der Waals surface area contributed by atoms with Crippen molar-refractivity contribution in [1.82, 2.24) is 0 Å². The van der Waals surface area contributed by atoms with Crippen molar-refractivity contribution in [3.8, 4) is 0 Å². The molecule has 6 heteroatoms. The summed E-state index contributed by atoms with van der Waals surface area (Å²) in [6, 6.07) is 0. The highest BCUT2D eigenvalue weighted by Gasteiger charge is 2.34. The van der Waals surface area contributed by atoms with E-state index in [0.717, 1.165) is 6.92 Å². The van der Waals surface area contributed by atoms with Gasteiger partial charge in [-0.15, -0.1) is 0 Å². The summed E-state index contributed by atoms with van der Waals surface area (Å²) in [6.07, 6.45) is 0.0664. The second-order valence-electron chi connectivity index (χ2n) is 1.54. The Morgan fingerprint density at radius 2 is 1.89 bits per heavy atom. The van der Waals surface area contributed by atoms with Gasteiger partial charge in [0.25, 0.3) is 9.05 Å². The molecule has 0 heterocycles. The molecule has 0 amide bonds. The Kier molecular flexibility index (Phi) is 2.49. The van der Waals surface area contributed by atoms with Crippen molar-refractivity contribution in [3.63, 3.8) is 0 Å². The average molecular weight is 191 g/mol. The van der Waals surface area contributed by atoms with E-state index in [1.807, 2.05) is 0 Å². The molecule has 0 fully saturated rings. The summed E-state index contributed by atoms with van der Waals surface area (Å²) in [4.78, 5) is 9.88. The Labute approximate surface area is 62.4 Å². The number of carbonyl (C=O) groups is 1. The van der Waals surface area contributed by atoms with E-state index < -0.39 is 13.3 Å². The molecule has 0 saturated carbocycles. The minimum atomic E-state index is -3.98. The van der Waals surface area contributed by atoms with E-state index in [1.165, 1.54) is 0 Å². The molecule has 0 rings (SSSR count). The van der Waals surface area contributed by atoms with Crippen molar-refractivity contribution < 1.29 is 13.2 Å². The molecule has 0 bridgehead atoms. The van der Waals surface area contributed by atoms with Gasteiger partial charge in [-0.2, -0.15) is 0 Å². The van der Waals surface area contributed by atoms with Gasteiger partial charge in [0.05, 0.1) is 0 Å². The topological polar surface area (TPSA) is 51.2 Å². The van der Waals surface area contributed by atoms with Gasteiger partial charge in [0.15, 0.2) is 6.29 Å². The van der Waals surface area contributed by atoms with Crippen LogP contribution in [-0.4, -0.2) is 18.9 Å². The highest BCUT2D eigenvalue weighted by atomic mass is 35.7. The summed E-state index contributed by atoms with van der Waals surface area (Å²) >= 11 is 5.11. The van der Waals surface area contributed by atoms with Crippen molar-refractivity contribution in [2.24, 2.45) is 0 Å². The van der Waals surface area contributed by atoms with Crippen molar-refractivity contribution in [1.29, 1.82) is 0 Å². The fourth-order valence-electron chi connectivity index (χ4n) is 0.0575. The third-order valence-corrected chi connectivity index (χ3v) is 3.63. The fourth-order valence-corrected chi connectivity index (χ4v) is 0.282. The SMILES string of the molecule is CC(Cl)(C=O)S(=O)(=O)Cl. The molecule has 1 unspecified atom stereocenters. The first-order chi connectivity index (χ1) is 3.81. The van der Waals surface area contributed by atoms with Gasteiger partial charge in [-0.3, -0.25) is 0 Å². The number of halogens is 2. The summed E-state index contributed by atoms with van der Waals surface area (Å²) in [5, 5.41) is 0. The molecule has 0 aromatic rings. The Morgan fingerprint density at radius 1 is 1.56 bits per heavy atom. The van der Waals surface area contributed by atoms with Gasteiger partial charge in [0.1, 0.15) is 0 Å². The lowest BCUT2D eigenvalue weighted by Gasteiger charge is -2.06. The van der Waals surface area contributed by atoms with Crippen LogP contribution >= 0.6 is 22.3 Å². The summed E-state index contributed by atoms with van der Waals surface area (Å²) in [7, 11) is 0.751. The molecule has 0 aliphatic rings. The van der Waals surface area contributed by atoms with E-state index >= 15 is 0 Å². The molecular weight excluding hydrogens is 187 g/mol. The Morgan fingerprint density at radius 3 is 1.89 bits per heavy atom. The maximum absolute atomic E-state index is 10.3. The standard InChI is InChI=1S/C3H4Cl2O3S/c1-3(4,2-6)9(5,7)8/h2H,1H3. The molecule has 0 spiro atoms. The third-order valence-electron chi connectivity index (χ3n) is 0.687. The summed E-state index contributed by atoms with van der Waals surface area (Å²) in [6.45, 7) is 1.00. The van der Waals surface area contributed by atoms with Crippen LogP contribution in [0.5, 0.6) is 0 Å². The molecule has 0 aliphatic heterocycles. The van der Waals surface area contributed by atoms with Crippen molar-refractivity contribution in [2.45, 2.75) is 11.1 Å². The van der Waals surface area contributed by atoms with Crippen LogP contribution in [0.1, 0.15) is 6.92 Å². The molecule has 0 radical (unpaired) electrons. The monoisotopic (exact) mass is 190 g/mol. The molecule has 0 N–H and O–H groups in total. The van der Waals surface area contributed by atoms with Crippen LogP contribution in [0, 0.1) is 0 Å². The third kappa shape index (κ3) is 2.12. The zero-order valence-corrected chi connectivity index (χ0v) is 6.79. The summed E-state index contributed by atoms with van der Waals surface area (Å²) in [5.41, 5.74) is 0. The first kappa shape index (κ1) is 9.20. The van der Waals surface area contributed by atoms with Gasteiger partial charge in [-0.1, -0.05) is 11.6 Å². The van der Waals surface area contributed by atoms with Crippen LogP contribution in [0.4, 0.5) is 0 Å². The van der Waals surface area contributed by atoms with Crippen molar-refractivity contribution in [3.05, 3.63) is 0 Å². The fraction of sp³-hybridized carbons (Fsp3) is 0.667. The largest absolute Gasteiger partial charge is 0.300 e. The van der Waals surface area contributed by atoms with Gasteiger partial charge in [-0.05, 0) is 6.92 Å². The number of hydrogen-bond donors (Lipinski definition) is 0. The van der Waals surface area contributed by atoms with Gasteiger partial charge in [0, 0.05) is 10.7 Å². The normalized spacial score (nSPS) is 18.6. The zero-order valence-electron chi connectivity index (χ0n) is 4.47. The lowest BCUT2D eigenvalue weighted by molar-refractivity contribution is -0.108. The maximum Gasteiger partial charge on any atom is 0.258 e. The molecular formula is C3H4Cl2O3S. The van der Waals surface area contributed by atoms with Gasteiger partial charge >= 0.3 is 0 Å². The quantitative estimate of drug-likeness (QED) is 0.367. The number of rotatable bonds is 2. The molecule has 0 aromatic carbocycles. The summed E-state index contributed by atoms with van der Waals surface area (Å²) < 4.78 is 18.6. The molecule has 3 nitrogen and oxygen atoms in total. The number of hydrogen-bond acceptors (Lipinski definition) is 3.